The molecule has 0 spiro atoms. The molecule has 1 atom stereocenters. The van der Waals surface area contributed by atoms with Gasteiger partial charge in [-0.2, -0.15) is 0 Å². The summed E-state index contributed by atoms with van der Waals surface area (Å²) in [6.07, 6.45) is -0.978. The number of nitrogens with one attached hydrogen (secondary N) is 1. The Morgan fingerprint density at radius 2 is 1.85 bits per heavy atom. The van der Waals surface area contributed by atoms with E-state index in [9.17, 15) is 9.18 Å². The second kappa shape index (κ2) is 8.70. The van der Waals surface area contributed by atoms with Crippen LogP contribution in [-0.4, -0.2) is 32.1 Å². The fourth-order valence-corrected chi connectivity index (χ4v) is 2.03. The Bertz CT molecular complexity index is 811. The smallest absolute Gasteiger partial charge is 0.268 e. The number of hydrogen-bond acceptors (Lipinski definition) is 5. The number of halogens is 1. The zero-order valence-corrected chi connectivity index (χ0v) is 14.7. The highest BCUT2D eigenvalue weighted by atomic mass is 19.1. The molecule has 2 aromatic rings. The lowest BCUT2D eigenvalue weighted by atomic mass is 10.2. The summed E-state index contributed by atoms with van der Waals surface area (Å²) in [5, 5.41) is 6.18. The molecule has 1 amide bonds. The van der Waals surface area contributed by atoms with Gasteiger partial charge >= 0.3 is 0 Å². The highest BCUT2D eigenvalue weighted by Gasteiger charge is 2.16. The summed E-state index contributed by atoms with van der Waals surface area (Å²) in [6.45, 7) is 1.47. The molecule has 0 saturated heterocycles. The van der Waals surface area contributed by atoms with Gasteiger partial charge in [0.1, 0.15) is 5.82 Å². The van der Waals surface area contributed by atoms with Crippen LogP contribution in [0.3, 0.4) is 0 Å². The quantitative estimate of drug-likeness (QED) is 0.449. The number of anilines is 1. The molecule has 138 valence electrons. The molecule has 0 aliphatic rings. The molecule has 0 heterocycles. The molecule has 7 nitrogen and oxygen atoms in total. The molecule has 0 saturated carbocycles. The van der Waals surface area contributed by atoms with Crippen LogP contribution < -0.4 is 20.5 Å². The van der Waals surface area contributed by atoms with Gasteiger partial charge in [-0.05, 0) is 37.3 Å². The summed E-state index contributed by atoms with van der Waals surface area (Å²) in [5.74, 6) is -0.0204. The number of nitrogens with zero attached hydrogens (tertiary/aromatic N) is 1. The van der Waals surface area contributed by atoms with E-state index >= 15 is 0 Å². The average Bonchev–Trinajstić information content (AvgIpc) is 2.66. The Morgan fingerprint density at radius 3 is 2.50 bits per heavy atom. The van der Waals surface area contributed by atoms with Crippen LogP contribution in [0.5, 0.6) is 11.5 Å². The molecule has 0 aromatic heterocycles. The molecule has 0 unspecified atom stereocenters. The number of rotatable bonds is 7. The minimum Gasteiger partial charge on any atom is -0.493 e. The molecule has 0 bridgehead atoms. The van der Waals surface area contributed by atoms with Crippen LogP contribution in [0.4, 0.5) is 10.1 Å². The molecular formula is C18H20FN3O4. The highest BCUT2D eigenvalue weighted by Crippen LogP contribution is 2.27. The Hall–Kier alpha value is -3.29. The lowest BCUT2D eigenvalue weighted by molar-refractivity contribution is -0.126. The predicted molar refractivity (Wildman–Crippen MR) is 95.8 cm³/mol. The number of methoxy groups -OCH3 is 2. The fourth-order valence-electron chi connectivity index (χ4n) is 2.03. The first-order valence-corrected chi connectivity index (χ1v) is 7.73. The van der Waals surface area contributed by atoms with Gasteiger partial charge in [-0.3, -0.25) is 4.79 Å². The first-order valence-electron chi connectivity index (χ1n) is 7.73. The van der Waals surface area contributed by atoms with Crippen molar-refractivity contribution >= 4 is 17.4 Å². The lowest BCUT2D eigenvalue weighted by Gasteiger charge is -2.12. The summed E-state index contributed by atoms with van der Waals surface area (Å²) in [5.41, 5.74) is 6.46. The van der Waals surface area contributed by atoms with E-state index in [-0.39, 0.29) is 11.5 Å². The number of ether oxygens (including phenoxy) is 2. The van der Waals surface area contributed by atoms with E-state index in [1.807, 2.05) is 0 Å². The standard InChI is InChI=1S/C18H20FN3O4/c1-11(18(23)21-14-7-5-4-6-13(14)19)26-22-17(20)12-8-9-15(24-2)16(10-12)25-3/h4-11H,1-3H3,(H2,20,22)(H,21,23)/t11-/m0/s1. The molecule has 2 aromatic carbocycles. The Kier molecular flexibility index (Phi) is 6.37. The Balaban J connectivity index is 2.03. The van der Waals surface area contributed by atoms with Crippen LogP contribution in [0.2, 0.25) is 0 Å². The first kappa shape index (κ1) is 19.0. The number of carbonyl (C=O) groups excluding carboxylic acids is 1. The van der Waals surface area contributed by atoms with Crippen molar-refractivity contribution in [2.24, 2.45) is 10.9 Å². The third kappa shape index (κ3) is 4.62. The predicted octanol–water partition coefficient (Wildman–Crippen LogP) is 2.51. The van der Waals surface area contributed by atoms with E-state index in [4.69, 9.17) is 20.0 Å². The van der Waals surface area contributed by atoms with Gasteiger partial charge in [0.05, 0.1) is 19.9 Å². The molecule has 0 fully saturated rings. The van der Waals surface area contributed by atoms with Crippen molar-refractivity contribution in [2.45, 2.75) is 13.0 Å². The van der Waals surface area contributed by atoms with E-state index in [0.717, 1.165) is 0 Å². The molecular weight excluding hydrogens is 341 g/mol. The van der Waals surface area contributed by atoms with Gasteiger partial charge < -0.3 is 25.4 Å². The summed E-state index contributed by atoms with van der Waals surface area (Å²) >= 11 is 0. The van der Waals surface area contributed by atoms with Crippen molar-refractivity contribution in [3.8, 4) is 11.5 Å². The maximum atomic E-state index is 13.6. The van der Waals surface area contributed by atoms with Crippen molar-refractivity contribution in [1.29, 1.82) is 0 Å². The van der Waals surface area contributed by atoms with Crippen LogP contribution >= 0.6 is 0 Å². The molecule has 3 N–H and O–H groups in total. The third-order valence-corrected chi connectivity index (χ3v) is 3.49. The van der Waals surface area contributed by atoms with Gasteiger partial charge in [-0.15, -0.1) is 0 Å². The topological polar surface area (TPSA) is 95.2 Å². The van der Waals surface area contributed by atoms with Crippen LogP contribution in [0.25, 0.3) is 0 Å². The number of amidine groups is 1. The normalized spacial score (nSPS) is 12.2. The highest BCUT2D eigenvalue weighted by molar-refractivity contribution is 5.98. The minimum atomic E-state index is -0.978. The van der Waals surface area contributed by atoms with Crippen LogP contribution in [0, 0.1) is 5.82 Å². The van der Waals surface area contributed by atoms with Gasteiger partial charge in [0.2, 0.25) is 6.10 Å². The zero-order chi connectivity index (χ0) is 19.1. The van der Waals surface area contributed by atoms with Gasteiger partial charge in [0, 0.05) is 5.56 Å². The number of nitrogens with two attached hydrogens (primary N) is 1. The van der Waals surface area contributed by atoms with Crippen LogP contribution in [-0.2, 0) is 9.63 Å². The van der Waals surface area contributed by atoms with E-state index < -0.39 is 17.8 Å². The van der Waals surface area contributed by atoms with Gasteiger partial charge in [-0.25, -0.2) is 4.39 Å². The summed E-state index contributed by atoms with van der Waals surface area (Å²) in [6, 6.07) is 10.8. The third-order valence-electron chi connectivity index (χ3n) is 3.49. The maximum Gasteiger partial charge on any atom is 0.268 e. The van der Waals surface area contributed by atoms with Crippen LogP contribution in [0.1, 0.15) is 12.5 Å². The van der Waals surface area contributed by atoms with Crippen molar-refractivity contribution in [3.63, 3.8) is 0 Å². The van der Waals surface area contributed by atoms with Gasteiger partial charge in [-0.1, -0.05) is 17.3 Å². The van der Waals surface area contributed by atoms with Crippen LogP contribution in [0.15, 0.2) is 47.6 Å². The molecule has 2 rings (SSSR count). The molecule has 0 aliphatic heterocycles. The van der Waals surface area contributed by atoms with E-state index in [0.29, 0.717) is 17.1 Å². The number of amides is 1. The number of benzene rings is 2. The van der Waals surface area contributed by atoms with Crippen molar-refractivity contribution in [2.75, 3.05) is 19.5 Å². The summed E-state index contributed by atoms with van der Waals surface area (Å²) in [4.78, 5) is 17.2. The number of para-hydroxylation sites is 1. The first-order chi connectivity index (χ1) is 12.5. The van der Waals surface area contributed by atoms with Gasteiger partial charge in [0.25, 0.3) is 5.91 Å². The zero-order valence-electron chi connectivity index (χ0n) is 14.7. The second-order valence-electron chi connectivity index (χ2n) is 5.26. The number of carbonyl (C=O) groups is 1. The molecule has 0 radical (unpaired) electrons. The second-order valence-corrected chi connectivity index (χ2v) is 5.26. The minimum absolute atomic E-state index is 0.0523. The number of hydrogen-bond donors (Lipinski definition) is 2. The van der Waals surface area contributed by atoms with E-state index in [1.165, 1.54) is 39.3 Å². The average molecular weight is 361 g/mol. The largest absolute Gasteiger partial charge is 0.493 e. The Labute approximate surface area is 150 Å². The maximum absolute atomic E-state index is 13.6. The van der Waals surface area contributed by atoms with Gasteiger partial charge in [0.15, 0.2) is 17.3 Å². The lowest BCUT2D eigenvalue weighted by Crippen LogP contribution is -2.27. The Morgan fingerprint density at radius 1 is 1.15 bits per heavy atom. The SMILES string of the molecule is COc1ccc(/C(N)=N\O[C@@H](C)C(=O)Nc2ccccc2F)cc1OC. The molecule has 26 heavy (non-hydrogen) atoms. The van der Waals surface area contributed by atoms with E-state index in [2.05, 4.69) is 10.5 Å². The van der Waals surface area contributed by atoms with Crippen molar-refractivity contribution in [3.05, 3.63) is 53.8 Å². The van der Waals surface area contributed by atoms with E-state index in [1.54, 1.807) is 24.3 Å². The van der Waals surface area contributed by atoms with Crippen molar-refractivity contribution in [1.82, 2.24) is 0 Å². The molecule has 8 heteroatoms. The van der Waals surface area contributed by atoms with Crippen molar-refractivity contribution < 1.29 is 23.5 Å². The number of oxime groups is 1. The summed E-state index contributed by atoms with van der Waals surface area (Å²) < 4.78 is 23.9. The fraction of sp³-hybridized carbons (Fsp3) is 0.222. The molecule has 0 aliphatic carbocycles. The monoisotopic (exact) mass is 361 g/mol. The summed E-state index contributed by atoms with van der Waals surface area (Å²) in [7, 11) is 3.02.